The van der Waals surface area contributed by atoms with Crippen LogP contribution in [0.5, 0.6) is 5.75 Å². The predicted molar refractivity (Wildman–Crippen MR) is 116 cm³/mol. The molecule has 0 fully saturated rings. The van der Waals surface area contributed by atoms with Crippen LogP contribution >= 0.6 is 0 Å². The van der Waals surface area contributed by atoms with Crippen LogP contribution in [0.1, 0.15) is 11.1 Å². The summed E-state index contributed by atoms with van der Waals surface area (Å²) in [6.45, 7) is -0.172. The van der Waals surface area contributed by atoms with Gasteiger partial charge in [-0.3, -0.25) is 9.59 Å². The summed E-state index contributed by atoms with van der Waals surface area (Å²) in [7, 11) is 2.96. The lowest BCUT2D eigenvalue weighted by Crippen LogP contribution is -2.31. The lowest BCUT2D eigenvalue weighted by Gasteiger charge is -2.17. The van der Waals surface area contributed by atoms with Crippen molar-refractivity contribution >= 4 is 11.9 Å². The average Bonchev–Trinajstić information content (AvgIpc) is 2.78. The van der Waals surface area contributed by atoms with E-state index in [2.05, 4.69) is 0 Å². The number of likely N-dealkylation sites (N-methyl/N-ethyl adjacent to an activating group) is 1. The third-order valence-electron chi connectivity index (χ3n) is 4.83. The Labute approximate surface area is 181 Å². The zero-order valence-electron chi connectivity index (χ0n) is 17.5. The zero-order chi connectivity index (χ0) is 22.2. The van der Waals surface area contributed by atoms with Crippen LogP contribution in [0.3, 0.4) is 0 Å². The maximum atomic E-state index is 13.8. The summed E-state index contributed by atoms with van der Waals surface area (Å²) in [5, 5.41) is 0. The highest BCUT2D eigenvalue weighted by Crippen LogP contribution is 2.20. The molecular formula is C25H24FNO4. The molecule has 6 heteroatoms. The standard InChI is InChI=1S/C25H24FNO4/c1-27(16-19-10-13-23(30-2)22(26)14-19)24(28)17-31-25(29)15-18-8-11-21(12-9-18)20-6-4-3-5-7-20/h3-14H,15-17H2,1-2H3. The molecule has 0 aliphatic heterocycles. The SMILES string of the molecule is COc1ccc(CN(C)C(=O)COC(=O)Cc2ccc(-c3ccccc3)cc2)cc1F. The van der Waals surface area contributed by atoms with Crippen molar-refractivity contribution in [2.45, 2.75) is 13.0 Å². The normalized spacial score (nSPS) is 10.4. The van der Waals surface area contributed by atoms with Crippen LogP contribution < -0.4 is 4.74 Å². The zero-order valence-corrected chi connectivity index (χ0v) is 17.5. The maximum Gasteiger partial charge on any atom is 0.310 e. The van der Waals surface area contributed by atoms with Gasteiger partial charge in [-0.1, -0.05) is 60.7 Å². The average molecular weight is 421 g/mol. The number of ether oxygens (including phenoxy) is 2. The molecule has 0 bridgehead atoms. The molecule has 0 saturated heterocycles. The summed E-state index contributed by atoms with van der Waals surface area (Å²) in [5.74, 6) is -1.21. The molecule has 0 spiro atoms. The van der Waals surface area contributed by atoms with Gasteiger partial charge in [0.15, 0.2) is 18.2 Å². The highest BCUT2D eigenvalue weighted by molar-refractivity contribution is 5.81. The second-order valence-corrected chi connectivity index (χ2v) is 7.12. The van der Waals surface area contributed by atoms with Gasteiger partial charge >= 0.3 is 5.97 Å². The molecule has 0 aliphatic rings. The third kappa shape index (κ3) is 6.15. The first-order valence-corrected chi connectivity index (χ1v) is 9.82. The fourth-order valence-electron chi connectivity index (χ4n) is 3.09. The number of carbonyl (C=O) groups excluding carboxylic acids is 2. The van der Waals surface area contributed by atoms with Crippen molar-refractivity contribution < 1.29 is 23.5 Å². The molecule has 0 unspecified atom stereocenters. The van der Waals surface area contributed by atoms with Gasteiger partial charge < -0.3 is 14.4 Å². The molecule has 0 aromatic heterocycles. The Bertz CT molecular complexity index is 1040. The van der Waals surface area contributed by atoms with E-state index in [9.17, 15) is 14.0 Å². The summed E-state index contributed by atoms with van der Waals surface area (Å²) in [5.41, 5.74) is 3.57. The first-order chi connectivity index (χ1) is 15.0. The van der Waals surface area contributed by atoms with Gasteiger partial charge in [-0.25, -0.2) is 4.39 Å². The Balaban J connectivity index is 1.47. The number of benzene rings is 3. The monoisotopic (exact) mass is 421 g/mol. The fraction of sp³-hybridized carbons (Fsp3) is 0.200. The van der Waals surface area contributed by atoms with Crippen molar-refractivity contribution in [3.63, 3.8) is 0 Å². The number of hydrogen-bond acceptors (Lipinski definition) is 4. The van der Waals surface area contributed by atoms with E-state index in [4.69, 9.17) is 9.47 Å². The van der Waals surface area contributed by atoms with E-state index in [1.165, 1.54) is 24.1 Å². The van der Waals surface area contributed by atoms with Crippen molar-refractivity contribution in [2.75, 3.05) is 20.8 Å². The lowest BCUT2D eigenvalue weighted by molar-refractivity contribution is -0.151. The van der Waals surface area contributed by atoms with Crippen LogP contribution in [0.2, 0.25) is 0 Å². The van der Waals surface area contributed by atoms with E-state index in [-0.39, 0.29) is 31.2 Å². The smallest absolute Gasteiger partial charge is 0.310 e. The van der Waals surface area contributed by atoms with Crippen LogP contribution in [0.4, 0.5) is 4.39 Å². The molecule has 0 saturated carbocycles. The second kappa shape index (κ2) is 10.4. The van der Waals surface area contributed by atoms with E-state index in [0.29, 0.717) is 5.56 Å². The minimum atomic E-state index is -0.495. The fourth-order valence-corrected chi connectivity index (χ4v) is 3.09. The van der Waals surface area contributed by atoms with Gasteiger partial charge in [0, 0.05) is 13.6 Å². The summed E-state index contributed by atoms with van der Waals surface area (Å²) in [6, 6.07) is 22.1. The summed E-state index contributed by atoms with van der Waals surface area (Å²) in [6.07, 6.45) is 0.0791. The Morgan fingerprint density at radius 1 is 0.903 bits per heavy atom. The van der Waals surface area contributed by atoms with Gasteiger partial charge in [0.1, 0.15) is 0 Å². The van der Waals surface area contributed by atoms with Crippen molar-refractivity contribution in [1.82, 2.24) is 4.90 Å². The molecular weight excluding hydrogens is 397 g/mol. The van der Waals surface area contributed by atoms with Crippen LogP contribution in [-0.2, 0) is 27.3 Å². The summed E-state index contributed by atoms with van der Waals surface area (Å²) < 4.78 is 23.8. The minimum absolute atomic E-state index is 0.0791. The Kier molecular flexibility index (Phi) is 7.38. The molecule has 0 atom stereocenters. The summed E-state index contributed by atoms with van der Waals surface area (Å²) in [4.78, 5) is 25.7. The van der Waals surface area contributed by atoms with Crippen molar-refractivity contribution in [3.8, 4) is 16.9 Å². The minimum Gasteiger partial charge on any atom is -0.494 e. The molecule has 0 N–H and O–H groups in total. The van der Waals surface area contributed by atoms with Crippen molar-refractivity contribution in [2.24, 2.45) is 0 Å². The molecule has 0 radical (unpaired) electrons. The Morgan fingerprint density at radius 2 is 1.55 bits per heavy atom. The van der Waals surface area contributed by atoms with Gasteiger partial charge in [0.05, 0.1) is 13.5 Å². The van der Waals surface area contributed by atoms with E-state index < -0.39 is 11.8 Å². The molecule has 3 aromatic rings. The number of carbonyl (C=O) groups is 2. The number of amides is 1. The van der Waals surface area contributed by atoms with Crippen molar-refractivity contribution in [1.29, 1.82) is 0 Å². The first-order valence-electron chi connectivity index (χ1n) is 9.82. The molecule has 0 aliphatic carbocycles. The quantitative estimate of drug-likeness (QED) is 0.511. The third-order valence-corrected chi connectivity index (χ3v) is 4.83. The largest absolute Gasteiger partial charge is 0.494 e. The Hall–Kier alpha value is -3.67. The number of halogens is 1. The van der Waals surface area contributed by atoms with E-state index in [0.717, 1.165) is 16.7 Å². The number of hydrogen-bond donors (Lipinski definition) is 0. The van der Waals surface area contributed by atoms with Crippen LogP contribution in [0, 0.1) is 5.82 Å². The van der Waals surface area contributed by atoms with Gasteiger partial charge in [0.25, 0.3) is 5.91 Å². The maximum absolute atomic E-state index is 13.8. The predicted octanol–water partition coefficient (Wildman–Crippen LogP) is 4.25. The van der Waals surface area contributed by atoms with Gasteiger partial charge in [0.2, 0.25) is 0 Å². The number of nitrogens with zero attached hydrogens (tertiary/aromatic N) is 1. The van der Waals surface area contributed by atoms with Gasteiger partial charge in [-0.2, -0.15) is 0 Å². The van der Waals surface area contributed by atoms with Crippen LogP contribution in [0.15, 0.2) is 72.8 Å². The number of esters is 1. The van der Waals surface area contributed by atoms with E-state index in [1.807, 2.05) is 54.6 Å². The molecule has 3 aromatic carbocycles. The molecule has 0 heterocycles. The molecule has 3 rings (SSSR count). The van der Waals surface area contributed by atoms with Crippen molar-refractivity contribution in [3.05, 3.63) is 89.7 Å². The van der Waals surface area contributed by atoms with E-state index >= 15 is 0 Å². The number of methoxy groups -OCH3 is 1. The van der Waals surface area contributed by atoms with Gasteiger partial charge in [-0.15, -0.1) is 0 Å². The molecule has 5 nitrogen and oxygen atoms in total. The Morgan fingerprint density at radius 3 is 2.19 bits per heavy atom. The number of rotatable bonds is 8. The van der Waals surface area contributed by atoms with E-state index in [1.54, 1.807) is 13.1 Å². The highest BCUT2D eigenvalue weighted by atomic mass is 19.1. The molecule has 160 valence electrons. The molecule has 1 amide bonds. The van der Waals surface area contributed by atoms with Crippen LogP contribution in [0.25, 0.3) is 11.1 Å². The molecule has 31 heavy (non-hydrogen) atoms. The first kappa shape index (κ1) is 22.0. The topological polar surface area (TPSA) is 55.8 Å². The van der Waals surface area contributed by atoms with Gasteiger partial charge in [-0.05, 0) is 34.4 Å². The lowest BCUT2D eigenvalue weighted by atomic mass is 10.0. The van der Waals surface area contributed by atoms with Crippen LogP contribution in [-0.4, -0.2) is 37.5 Å². The highest BCUT2D eigenvalue weighted by Gasteiger charge is 2.14. The second-order valence-electron chi connectivity index (χ2n) is 7.12. The summed E-state index contributed by atoms with van der Waals surface area (Å²) >= 11 is 0.